The topological polar surface area (TPSA) is 8.17 Å². The Bertz CT molecular complexity index is 610. The molecule has 0 amide bonds. The van der Waals surface area contributed by atoms with Crippen molar-refractivity contribution in [2.75, 3.05) is 13.1 Å². The van der Waals surface area contributed by atoms with E-state index in [0.717, 1.165) is 24.8 Å². The van der Waals surface area contributed by atoms with E-state index in [-0.39, 0.29) is 5.69 Å². The van der Waals surface area contributed by atoms with E-state index in [1.807, 2.05) is 6.07 Å². The number of rotatable bonds is 3. The largest absolute Gasteiger partial charge is 0.418 e. The number of likely N-dealkylation sites (tertiary alicyclic amines) is 1. The standard InChI is InChI=1S/C16H17F3N2/c17-16(18,19)14-7-1-2-8-15(14)21-11-5-6-13(21)12-20-9-3-4-10-20/h1-2,5-8,11H,3-4,9-10,12H2. The molecule has 2 nitrogen and oxygen atoms in total. The molecule has 0 aliphatic carbocycles. The van der Waals surface area contributed by atoms with Crippen LogP contribution in [0.5, 0.6) is 0 Å². The van der Waals surface area contributed by atoms with Crippen LogP contribution >= 0.6 is 0 Å². The summed E-state index contributed by atoms with van der Waals surface area (Å²) in [5, 5.41) is 0. The summed E-state index contributed by atoms with van der Waals surface area (Å²) in [5.41, 5.74) is 0.502. The molecular weight excluding hydrogens is 277 g/mol. The summed E-state index contributed by atoms with van der Waals surface area (Å²) in [6, 6.07) is 9.43. The molecule has 1 aliphatic heterocycles. The van der Waals surface area contributed by atoms with Crippen LogP contribution in [0.25, 0.3) is 5.69 Å². The first kappa shape index (κ1) is 14.2. The van der Waals surface area contributed by atoms with Crippen LogP contribution in [0, 0.1) is 0 Å². The Balaban J connectivity index is 1.96. The van der Waals surface area contributed by atoms with Crippen molar-refractivity contribution in [3.63, 3.8) is 0 Å². The van der Waals surface area contributed by atoms with Gasteiger partial charge in [-0.15, -0.1) is 0 Å². The van der Waals surface area contributed by atoms with Crippen molar-refractivity contribution >= 4 is 0 Å². The third kappa shape index (κ3) is 2.97. The van der Waals surface area contributed by atoms with Gasteiger partial charge in [-0.2, -0.15) is 13.2 Å². The summed E-state index contributed by atoms with van der Waals surface area (Å²) in [4.78, 5) is 2.28. The van der Waals surface area contributed by atoms with Gasteiger partial charge in [0.25, 0.3) is 0 Å². The monoisotopic (exact) mass is 294 g/mol. The zero-order valence-electron chi connectivity index (χ0n) is 11.6. The molecule has 1 aromatic carbocycles. The van der Waals surface area contributed by atoms with Gasteiger partial charge >= 0.3 is 6.18 Å². The van der Waals surface area contributed by atoms with Crippen molar-refractivity contribution < 1.29 is 13.2 Å². The molecule has 0 saturated carbocycles. The summed E-state index contributed by atoms with van der Waals surface area (Å²) in [7, 11) is 0. The van der Waals surface area contributed by atoms with E-state index in [0.29, 0.717) is 6.54 Å². The molecule has 2 aromatic rings. The van der Waals surface area contributed by atoms with E-state index in [4.69, 9.17) is 0 Å². The minimum absolute atomic E-state index is 0.198. The number of halogens is 3. The highest BCUT2D eigenvalue weighted by Gasteiger charge is 2.33. The third-order valence-electron chi connectivity index (χ3n) is 3.89. The fraction of sp³-hybridized carbons (Fsp3) is 0.375. The van der Waals surface area contributed by atoms with Gasteiger partial charge in [0.1, 0.15) is 0 Å². The van der Waals surface area contributed by atoms with E-state index in [1.54, 1.807) is 22.9 Å². The third-order valence-corrected chi connectivity index (χ3v) is 3.89. The highest BCUT2D eigenvalue weighted by molar-refractivity contribution is 5.44. The summed E-state index contributed by atoms with van der Waals surface area (Å²) < 4.78 is 41.1. The SMILES string of the molecule is FC(F)(F)c1ccccc1-n1cccc1CN1CCCC1. The smallest absolute Gasteiger partial charge is 0.319 e. The van der Waals surface area contributed by atoms with Crippen molar-refractivity contribution in [3.8, 4) is 5.69 Å². The average molecular weight is 294 g/mol. The number of benzene rings is 1. The lowest BCUT2D eigenvalue weighted by Crippen LogP contribution is -2.21. The predicted molar refractivity (Wildman–Crippen MR) is 75.3 cm³/mol. The van der Waals surface area contributed by atoms with Gasteiger partial charge in [-0.3, -0.25) is 4.90 Å². The first-order valence-electron chi connectivity index (χ1n) is 7.11. The van der Waals surface area contributed by atoms with Crippen LogP contribution in [0.2, 0.25) is 0 Å². The van der Waals surface area contributed by atoms with Crippen molar-refractivity contribution in [2.24, 2.45) is 0 Å². The molecule has 0 radical (unpaired) electrons. The number of alkyl halides is 3. The highest BCUT2D eigenvalue weighted by Crippen LogP contribution is 2.34. The van der Waals surface area contributed by atoms with Crippen molar-refractivity contribution in [2.45, 2.75) is 25.6 Å². The van der Waals surface area contributed by atoms with Gasteiger partial charge in [0.15, 0.2) is 0 Å². The molecular formula is C16H17F3N2. The summed E-state index contributed by atoms with van der Waals surface area (Å²) in [6.45, 7) is 2.73. The molecule has 1 aromatic heterocycles. The minimum Gasteiger partial charge on any atom is -0.319 e. The van der Waals surface area contributed by atoms with E-state index in [1.165, 1.54) is 25.0 Å². The lowest BCUT2D eigenvalue weighted by Gasteiger charge is -2.19. The van der Waals surface area contributed by atoms with Gasteiger partial charge in [0.05, 0.1) is 11.3 Å². The molecule has 0 N–H and O–H groups in total. The molecule has 3 rings (SSSR count). The molecule has 1 fully saturated rings. The van der Waals surface area contributed by atoms with E-state index >= 15 is 0 Å². The second-order valence-corrected chi connectivity index (χ2v) is 5.37. The molecule has 5 heteroatoms. The van der Waals surface area contributed by atoms with Gasteiger partial charge in [-0.1, -0.05) is 12.1 Å². The Hall–Kier alpha value is -1.75. The highest BCUT2D eigenvalue weighted by atomic mass is 19.4. The van der Waals surface area contributed by atoms with E-state index in [2.05, 4.69) is 4.90 Å². The van der Waals surface area contributed by atoms with Crippen LogP contribution in [0.3, 0.4) is 0 Å². The number of aromatic nitrogens is 1. The lowest BCUT2D eigenvalue weighted by atomic mass is 10.1. The Morgan fingerprint density at radius 3 is 2.38 bits per heavy atom. The van der Waals surface area contributed by atoms with Crippen molar-refractivity contribution in [1.82, 2.24) is 9.47 Å². The first-order chi connectivity index (χ1) is 10.1. The van der Waals surface area contributed by atoms with Gasteiger partial charge in [-0.05, 0) is 50.2 Å². The zero-order valence-corrected chi connectivity index (χ0v) is 11.6. The minimum atomic E-state index is -4.34. The average Bonchev–Trinajstić information content (AvgIpc) is 3.10. The zero-order chi connectivity index (χ0) is 14.9. The Kier molecular flexibility index (Phi) is 3.76. The normalized spacial score (nSPS) is 16.5. The maximum absolute atomic E-state index is 13.2. The number of nitrogens with zero attached hydrogens (tertiary/aromatic N) is 2. The van der Waals surface area contributed by atoms with Crippen LogP contribution < -0.4 is 0 Å². The van der Waals surface area contributed by atoms with E-state index < -0.39 is 11.7 Å². The van der Waals surface area contributed by atoms with Crippen LogP contribution in [0.15, 0.2) is 42.6 Å². The second-order valence-electron chi connectivity index (χ2n) is 5.37. The van der Waals surface area contributed by atoms with Gasteiger partial charge in [0.2, 0.25) is 0 Å². The molecule has 21 heavy (non-hydrogen) atoms. The van der Waals surface area contributed by atoms with Gasteiger partial charge in [-0.25, -0.2) is 0 Å². The maximum atomic E-state index is 13.2. The molecule has 1 aliphatic rings. The summed E-state index contributed by atoms with van der Waals surface area (Å²) in [5.74, 6) is 0. The molecule has 0 bridgehead atoms. The van der Waals surface area contributed by atoms with Crippen LogP contribution in [0.1, 0.15) is 24.1 Å². The predicted octanol–water partition coefficient (Wildman–Crippen LogP) is 4.09. The quantitative estimate of drug-likeness (QED) is 0.827. The first-order valence-corrected chi connectivity index (χ1v) is 7.11. The fourth-order valence-electron chi connectivity index (χ4n) is 2.87. The summed E-state index contributed by atoms with van der Waals surface area (Å²) in [6.07, 6.45) is -0.304. The molecule has 1 saturated heterocycles. The lowest BCUT2D eigenvalue weighted by molar-refractivity contribution is -0.137. The molecule has 0 unspecified atom stereocenters. The Morgan fingerprint density at radius 1 is 0.952 bits per heavy atom. The van der Waals surface area contributed by atoms with Crippen LogP contribution in [-0.2, 0) is 12.7 Å². The maximum Gasteiger partial charge on any atom is 0.418 e. The second kappa shape index (κ2) is 5.56. The Morgan fingerprint density at radius 2 is 1.67 bits per heavy atom. The molecule has 0 spiro atoms. The van der Waals surface area contributed by atoms with Gasteiger partial charge in [0, 0.05) is 18.4 Å². The summed E-state index contributed by atoms with van der Waals surface area (Å²) >= 11 is 0. The Labute approximate surface area is 121 Å². The number of hydrogen-bond acceptors (Lipinski definition) is 1. The van der Waals surface area contributed by atoms with E-state index in [9.17, 15) is 13.2 Å². The fourth-order valence-corrected chi connectivity index (χ4v) is 2.87. The molecule has 2 heterocycles. The van der Waals surface area contributed by atoms with Crippen molar-refractivity contribution in [1.29, 1.82) is 0 Å². The van der Waals surface area contributed by atoms with Gasteiger partial charge < -0.3 is 4.57 Å². The van der Waals surface area contributed by atoms with Crippen LogP contribution in [0.4, 0.5) is 13.2 Å². The molecule has 112 valence electrons. The number of hydrogen-bond donors (Lipinski definition) is 0. The molecule has 0 atom stereocenters. The number of para-hydroxylation sites is 1. The van der Waals surface area contributed by atoms with Crippen molar-refractivity contribution in [3.05, 3.63) is 53.9 Å². The van der Waals surface area contributed by atoms with Crippen LogP contribution in [-0.4, -0.2) is 22.6 Å².